The van der Waals surface area contributed by atoms with Gasteiger partial charge in [-0.1, -0.05) is 37.6 Å². The summed E-state index contributed by atoms with van der Waals surface area (Å²) in [5, 5.41) is 0. The van der Waals surface area contributed by atoms with Gasteiger partial charge >= 0.3 is 0 Å². The zero-order valence-corrected chi connectivity index (χ0v) is 12.4. The Morgan fingerprint density at radius 1 is 1.16 bits per heavy atom. The molecule has 1 aromatic rings. The van der Waals surface area contributed by atoms with E-state index in [0.717, 1.165) is 12.0 Å². The monoisotopic (exact) mass is 259 g/mol. The van der Waals surface area contributed by atoms with E-state index in [1.54, 1.807) is 0 Å². The third-order valence-corrected chi connectivity index (χ3v) is 4.39. The molecule has 1 fully saturated rings. The number of rotatable bonds is 4. The van der Waals surface area contributed by atoms with E-state index < -0.39 is 0 Å². The van der Waals surface area contributed by atoms with Gasteiger partial charge in [0.2, 0.25) is 0 Å². The Labute approximate surface area is 116 Å². The summed E-state index contributed by atoms with van der Waals surface area (Å²) in [5.41, 5.74) is 2.14. The molecule has 0 saturated carbocycles. The number of nitrogens with zero attached hydrogens (tertiary/aromatic N) is 1. The van der Waals surface area contributed by atoms with Gasteiger partial charge in [0.15, 0.2) is 5.78 Å². The second kappa shape index (κ2) is 6.33. The van der Waals surface area contributed by atoms with Crippen LogP contribution in [0.1, 0.15) is 56.0 Å². The Balaban J connectivity index is 2.02. The lowest BCUT2D eigenvalue weighted by Crippen LogP contribution is -2.46. The molecule has 2 heteroatoms. The minimum Gasteiger partial charge on any atom is -0.293 e. The van der Waals surface area contributed by atoms with Crippen molar-refractivity contribution >= 4 is 5.78 Å². The number of aryl methyl sites for hydroxylation is 1. The van der Waals surface area contributed by atoms with Crippen LogP contribution in [-0.2, 0) is 6.42 Å². The van der Waals surface area contributed by atoms with E-state index >= 15 is 0 Å². The van der Waals surface area contributed by atoms with E-state index in [9.17, 15) is 4.79 Å². The summed E-state index contributed by atoms with van der Waals surface area (Å²) in [6.45, 7) is 7.17. The molecule has 2 rings (SSSR count). The first-order chi connectivity index (χ1) is 9.11. The molecule has 19 heavy (non-hydrogen) atoms. The first-order valence-corrected chi connectivity index (χ1v) is 7.49. The highest BCUT2D eigenvalue weighted by atomic mass is 16.1. The molecule has 0 bridgehead atoms. The molecule has 1 heterocycles. The van der Waals surface area contributed by atoms with Gasteiger partial charge in [-0.2, -0.15) is 0 Å². The molecular formula is C17H25NO. The van der Waals surface area contributed by atoms with E-state index in [1.165, 1.54) is 24.8 Å². The van der Waals surface area contributed by atoms with E-state index in [4.69, 9.17) is 0 Å². The number of carbonyl (C=O) groups excluding carboxylic acids is 1. The Bertz CT molecular complexity index is 413. The van der Waals surface area contributed by atoms with Crippen LogP contribution in [0.2, 0.25) is 0 Å². The topological polar surface area (TPSA) is 20.3 Å². The molecule has 0 N–H and O–H groups in total. The summed E-state index contributed by atoms with van der Waals surface area (Å²) in [4.78, 5) is 14.7. The maximum absolute atomic E-state index is 12.4. The average molecular weight is 259 g/mol. The van der Waals surface area contributed by atoms with Gasteiger partial charge in [0.25, 0.3) is 0 Å². The molecule has 0 spiro atoms. The zero-order valence-electron chi connectivity index (χ0n) is 12.4. The van der Waals surface area contributed by atoms with Crippen LogP contribution in [0.25, 0.3) is 0 Å². The van der Waals surface area contributed by atoms with Gasteiger partial charge in [0, 0.05) is 17.6 Å². The van der Waals surface area contributed by atoms with Gasteiger partial charge in [-0.3, -0.25) is 9.69 Å². The van der Waals surface area contributed by atoms with Crippen LogP contribution in [0.4, 0.5) is 0 Å². The second-order valence-electron chi connectivity index (χ2n) is 5.77. The second-order valence-corrected chi connectivity index (χ2v) is 5.77. The first kappa shape index (κ1) is 14.3. The Morgan fingerprint density at radius 3 is 2.26 bits per heavy atom. The van der Waals surface area contributed by atoms with Gasteiger partial charge in [-0.15, -0.1) is 0 Å². The van der Waals surface area contributed by atoms with Crippen LogP contribution in [0.5, 0.6) is 0 Å². The molecule has 0 aliphatic carbocycles. The average Bonchev–Trinajstić information content (AvgIpc) is 2.43. The van der Waals surface area contributed by atoms with Gasteiger partial charge in [-0.25, -0.2) is 0 Å². The van der Waals surface area contributed by atoms with Crippen molar-refractivity contribution in [1.82, 2.24) is 4.90 Å². The maximum Gasteiger partial charge on any atom is 0.176 e. The molecule has 1 aromatic carbocycles. The Kier molecular flexibility index (Phi) is 4.76. The molecular weight excluding hydrogens is 234 g/mol. The molecule has 2 nitrogen and oxygen atoms in total. The fourth-order valence-corrected chi connectivity index (χ4v) is 2.97. The number of ketones is 1. The van der Waals surface area contributed by atoms with Crippen molar-refractivity contribution in [2.75, 3.05) is 6.54 Å². The van der Waals surface area contributed by atoms with E-state index in [-0.39, 0.29) is 5.78 Å². The number of piperidine rings is 1. The smallest absolute Gasteiger partial charge is 0.176 e. The Morgan fingerprint density at radius 2 is 1.74 bits per heavy atom. The van der Waals surface area contributed by atoms with Crippen molar-refractivity contribution in [2.24, 2.45) is 0 Å². The van der Waals surface area contributed by atoms with Crippen molar-refractivity contribution in [1.29, 1.82) is 0 Å². The minimum absolute atomic E-state index is 0.253. The molecule has 2 atom stereocenters. The van der Waals surface area contributed by atoms with E-state index in [0.29, 0.717) is 18.6 Å². The fourth-order valence-electron chi connectivity index (χ4n) is 2.97. The van der Waals surface area contributed by atoms with Gasteiger partial charge in [0.05, 0.1) is 6.54 Å². The number of hydrogen-bond donors (Lipinski definition) is 0. The fraction of sp³-hybridized carbons (Fsp3) is 0.588. The molecule has 1 saturated heterocycles. The van der Waals surface area contributed by atoms with Crippen LogP contribution in [0, 0.1) is 0 Å². The lowest BCUT2D eigenvalue weighted by molar-refractivity contribution is 0.0734. The first-order valence-electron chi connectivity index (χ1n) is 7.49. The van der Waals surface area contributed by atoms with E-state index in [1.807, 2.05) is 12.1 Å². The number of likely N-dealkylation sites (tertiary alicyclic amines) is 1. The third-order valence-electron chi connectivity index (χ3n) is 4.39. The van der Waals surface area contributed by atoms with Crippen molar-refractivity contribution < 1.29 is 4.79 Å². The van der Waals surface area contributed by atoms with E-state index in [2.05, 4.69) is 37.8 Å². The van der Waals surface area contributed by atoms with Gasteiger partial charge < -0.3 is 0 Å². The molecule has 104 valence electrons. The summed E-state index contributed by atoms with van der Waals surface area (Å²) in [7, 11) is 0. The molecule has 0 amide bonds. The lowest BCUT2D eigenvalue weighted by atomic mass is 9.96. The third kappa shape index (κ3) is 3.44. The summed E-state index contributed by atoms with van der Waals surface area (Å²) in [5.74, 6) is 0.253. The largest absolute Gasteiger partial charge is 0.293 e. The summed E-state index contributed by atoms with van der Waals surface area (Å²) >= 11 is 0. The van der Waals surface area contributed by atoms with Crippen molar-refractivity contribution in [3.05, 3.63) is 35.4 Å². The summed E-state index contributed by atoms with van der Waals surface area (Å²) < 4.78 is 0. The van der Waals surface area contributed by atoms with Crippen LogP contribution < -0.4 is 0 Å². The van der Waals surface area contributed by atoms with Crippen LogP contribution in [-0.4, -0.2) is 29.3 Å². The normalized spacial score (nSPS) is 24.4. The highest BCUT2D eigenvalue weighted by molar-refractivity contribution is 5.97. The highest BCUT2D eigenvalue weighted by Gasteiger charge is 2.26. The number of Topliss-reactive ketones (excluding diaryl/α,β-unsaturated/α-hetero) is 1. The Hall–Kier alpha value is -1.15. The SMILES string of the molecule is CCc1ccc(C(=O)CN2[C@H](C)CCC[C@@H]2C)cc1. The minimum atomic E-state index is 0.253. The molecule has 0 unspecified atom stereocenters. The summed E-state index contributed by atoms with van der Waals surface area (Å²) in [6.07, 6.45) is 4.74. The number of hydrogen-bond acceptors (Lipinski definition) is 2. The lowest BCUT2D eigenvalue weighted by Gasteiger charge is -2.38. The maximum atomic E-state index is 12.4. The van der Waals surface area contributed by atoms with Gasteiger partial charge in [-0.05, 0) is 38.7 Å². The zero-order chi connectivity index (χ0) is 13.8. The number of carbonyl (C=O) groups is 1. The number of benzene rings is 1. The standard InChI is InChI=1S/C17H25NO/c1-4-15-8-10-16(11-9-15)17(19)12-18-13(2)6-5-7-14(18)3/h8-11,13-14H,4-7,12H2,1-3H3/t13-,14+. The van der Waals surface area contributed by atoms with Crippen LogP contribution in [0.15, 0.2) is 24.3 Å². The van der Waals surface area contributed by atoms with Crippen molar-refractivity contribution in [3.8, 4) is 0 Å². The highest BCUT2D eigenvalue weighted by Crippen LogP contribution is 2.22. The van der Waals surface area contributed by atoms with Crippen LogP contribution >= 0.6 is 0 Å². The molecule has 0 radical (unpaired) electrons. The molecule has 1 aliphatic rings. The quantitative estimate of drug-likeness (QED) is 0.769. The molecule has 0 aromatic heterocycles. The predicted octanol–water partition coefficient (Wildman–Crippen LogP) is 3.69. The predicted molar refractivity (Wildman–Crippen MR) is 79.6 cm³/mol. The van der Waals surface area contributed by atoms with Crippen molar-refractivity contribution in [3.63, 3.8) is 0 Å². The summed E-state index contributed by atoms with van der Waals surface area (Å²) in [6, 6.07) is 9.14. The molecule has 1 aliphatic heterocycles. The van der Waals surface area contributed by atoms with Crippen molar-refractivity contribution in [2.45, 2.75) is 58.5 Å². The van der Waals surface area contributed by atoms with Crippen LogP contribution in [0.3, 0.4) is 0 Å². The van der Waals surface area contributed by atoms with Gasteiger partial charge in [0.1, 0.15) is 0 Å².